The molecule has 0 aliphatic carbocycles. The Kier molecular flexibility index (Phi) is 4.02. The fourth-order valence-corrected chi connectivity index (χ4v) is 3.22. The van der Waals surface area contributed by atoms with Gasteiger partial charge in [0, 0.05) is 12.2 Å². The first-order valence-electron chi connectivity index (χ1n) is 5.14. The molecule has 1 N–H and O–H groups in total. The summed E-state index contributed by atoms with van der Waals surface area (Å²) in [5.74, 6) is -0.169. The van der Waals surface area contributed by atoms with Crippen molar-refractivity contribution in [3.8, 4) is 0 Å². The first kappa shape index (κ1) is 12.4. The second-order valence-electron chi connectivity index (χ2n) is 3.98. The first-order valence-corrected chi connectivity index (χ1v) is 6.19. The predicted molar refractivity (Wildman–Crippen MR) is 59.6 cm³/mol. The molecule has 1 heterocycles. The van der Waals surface area contributed by atoms with Gasteiger partial charge in [-0.1, -0.05) is 20.8 Å². The van der Waals surface area contributed by atoms with E-state index < -0.39 is 12.0 Å². The molecule has 0 aromatic rings. The molecule has 1 aliphatic heterocycles. The maximum absolute atomic E-state index is 11.7. The molecular weight excluding hydrogens is 214 g/mol. The zero-order valence-electron chi connectivity index (χ0n) is 9.27. The predicted octanol–water partition coefficient (Wildman–Crippen LogP) is 1.41. The number of rotatable bonds is 3. The highest BCUT2D eigenvalue weighted by Gasteiger charge is 2.41. The van der Waals surface area contributed by atoms with Crippen LogP contribution >= 0.6 is 11.8 Å². The summed E-state index contributed by atoms with van der Waals surface area (Å²) in [5, 5.41) is 9.03. The van der Waals surface area contributed by atoms with Crippen LogP contribution in [0.25, 0.3) is 0 Å². The van der Waals surface area contributed by atoms with Crippen LogP contribution in [-0.2, 0) is 9.59 Å². The van der Waals surface area contributed by atoms with Crippen LogP contribution in [-0.4, -0.2) is 39.1 Å². The summed E-state index contributed by atoms with van der Waals surface area (Å²) in [4.78, 5) is 24.2. The van der Waals surface area contributed by atoms with E-state index in [4.69, 9.17) is 5.11 Å². The quantitative estimate of drug-likeness (QED) is 0.798. The molecule has 1 amide bonds. The molecule has 1 rings (SSSR count). The Bertz CT molecular complexity index is 267. The number of hydrogen-bond acceptors (Lipinski definition) is 3. The molecule has 0 spiro atoms. The van der Waals surface area contributed by atoms with Gasteiger partial charge in [0.2, 0.25) is 5.91 Å². The van der Waals surface area contributed by atoms with Crippen LogP contribution in [0.3, 0.4) is 0 Å². The minimum absolute atomic E-state index is 0.0125. The Hall–Kier alpha value is -0.710. The van der Waals surface area contributed by atoms with Crippen molar-refractivity contribution in [2.75, 3.05) is 5.75 Å². The Morgan fingerprint density at radius 1 is 1.53 bits per heavy atom. The number of carboxylic acids is 1. The van der Waals surface area contributed by atoms with E-state index >= 15 is 0 Å². The molecule has 2 unspecified atom stereocenters. The lowest BCUT2D eigenvalue weighted by molar-refractivity contribution is -0.149. The largest absolute Gasteiger partial charge is 0.480 e. The van der Waals surface area contributed by atoms with Crippen molar-refractivity contribution in [1.29, 1.82) is 0 Å². The minimum atomic E-state index is -0.896. The van der Waals surface area contributed by atoms with E-state index in [2.05, 4.69) is 0 Å². The molecule has 2 atom stereocenters. The van der Waals surface area contributed by atoms with Crippen molar-refractivity contribution in [2.45, 2.75) is 38.6 Å². The lowest BCUT2D eigenvalue weighted by Crippen LogP contribution is -2.46. The maximum atomic E-state index is 11.7. The van der Waals surface area contributed by atoms with Gasteiger partial charge in [0.05, 0.1) is 5.37 Å². The van der Waals surface area contributed by atoms with E-state index in [-0.39, 0.29) is 17.2 Å². The number of amides is 1. The van der Waals surface area contributed by atoms with E-state index in [0.717, 1.165) is 0 Å². The highest BCUT2D eigenvalue weighted by Crippen LogP contribution is 2.34. The average Bonchev–Trinajstić information content (AvgIpc) is 2.60. The molecule has 86 valence electrons. The monoisotopic (exact) mass is 231 g/mol. The fraction of sp³-hybridized carbons (Fsp3) is 0.800. The van der Waals surface area contributed by atoms with Gasteiger partial charge in [0.15, 0.2) is 0 Å². The van der Waals surface area contributed by atoms with Gasteiger partial charge in [0.25, 0.3) is 0 Å². The van der Waals surface area contributed by atoms with Crippen molar-refractivity contribution < 1.29 is 14.7 Å². The smallest absolute Gasteiger partial charge is 0.327 e. The average molecular weight is 231 g/mol. The van der Waals surface area contributed by atoms with Crippen LogP contribution in [0.1, 0.15) is 27.2 Å². The van der Waals surface area contributed by atoms with E-state index in [1.807, 2.05) is 13.8 Å². The Morgan fingerprint density at radius 3 is 2.53 bits per heavy atom. The van der Waals surface area contributed by atoms with Gasteiger partial charge in [-0.3, -0.25) is 4.79 Å². The molecule has 4 nitrogen and oxygen atoms in total. The lowest BCUT2D eigenvalue weighted by atomic mass is 10.1. The Morgan fingerprint density at radius 2 is 2.13 bits per heavy atom. The van der Waals surface area contributed by atoms with Crippen molar-refractivity contribution in [3.63, 3.8) is 0 Å². The van der Waals surface area contributed by atoms with Gasteiger partial charge in [-0.15, -0.1) is 11.8 Å². The summed E-state index contributed by atoms with van der Waals surface area (Å²) in [5.41, 5.74) is 0. The molecular formula is C10H17NO3S. The number of carboxylic acid groups (broad SMARTS) is 1. The highest BCUT2D eigenvalue weighted by atomic mass is 32.2. The summed E-state index contributed by atoms with van der Waals surface area (Å²) < 4.78 is 0. The van der Waals surface area contributed by atoms with Crippen LogP contribution in [0.15, 0.2) is 0 Å². The molecule has 5 heteroatoms. The minimum Gasteiger partial charge on any atom is -0.480 e. The summed E-state index contributed by atoms with van der Waals surface area (Å²) in [7, 11) is 0. The van der Waals surface area contributed by atoms with Crippen LogP contribution in [0.5, 0.6) is 0 Å². The first-order chi connectivity index (χ1) is 6.99. The van der Waals surface area contributed by atoms with Gasteiger partial charge < -0.3 is 10.0 Å². The van der Waals surface area contributed by atoms with Crippen LogP contribution in [0.2, 0.25) is 0 Å². The second kappa shape index (κ2) is 4.88. The zero-order valence-corrected chi connectivity index (χ0v) is 10.1. The van der Waals surface area contributed by atoms with Crippen molar-refractivity contribution in [1.82, 2.24) is 4.90 Å². The highest BCUT2D eigenvalue weighted by molar-refractivity contribution is 8.00. The van der Waals surface area contributed by atoms with E-state index in [9.17, 15) is 9.59 Å². The fourth-order valence-electron chi connectivity index (χ4n) is 1.73. The SMILES string of the molecule is CCC(=O)N1C(C(=O)O)CSC1C(C)C. The Balaban J connectivity index is 2.87. The van der Waals surface area contributed by atoms with Crippen LogP contribution in [0, 0.1) is 5.92 Å². The van der Waals surface area contributed by atoms with Crippen LogP contribution in [0.4, 0.5) is 0 Å². The number of carbonyl (C=O) groups is 2. The number of aliphatic carboxylic acids is 1. The standard InChI is InChI=1S/C10H17NO3S/c1-4-8(12)11-7(10(13)14)5-15-9(11)6(2)3/h6-7,9H,4-5H2,1-3H3,(H,13,14). The molecule has 0 aromatic heterocycles. The number of nitrogens with zero attached hydrogens (tertiary/aromatic N) is 1. The van der Waals surface area contributed by atoms with Gasteiger partial charge in [-0.2, -0.15) is 0 Å². The maximum Gasteiger partial charge on any atom is 0.327 e. The molecule has 0 radical (unpaired) electrons. The third-order valence-electron chi connectivity index (χ3n) is 2.48. The van der Waals surface area contributed by atoms with Crippen molar-refractivity contribution >= 4 is 23.6 Å². The van der Waals surface area contributed by atoms with E-state index in [0.29, 0.717) is 12.2 Å². The number of carbonyl (C=O) groups excluding carboxylic acids is 1. The van der Waals surface area contributed by atoms with Crippen molar-refractivity contribution in [3.05, 3.63) is 0 Å². The molecule has 1 aliphatic rings. The molecule has 15 heavy (non-hydrogen) atoms. The zero-order chi connectivity index (χ0) is 11.6. The van der Waals surface area contributed by atoms with Crippen LogP contribution < -0.4 is 0 Å². The van der Waals surface area contributed by atoms with Crippen molar-refractivity contribution in [2.24, 2.45) is 5.92 Å². The van der Waals surface area contributed by atoms with E-state index in [1.165, 1.54) is 4.90 Å². The van der Waals surface area contributed by atoms with Gasteiger partial charge >= 0.3 is 5.97 Å². The molecule has 0 aromatic carbocycles. The molecule has 1 fully saturated rings. The summed E-state index contributed by atoms with van der Waals surface area (Å²) in [6, 6.07) is -0.644. The Labute approximate surface area is 94.0 Å². The summed E-state index contributed by atoms with van der Waals surface area (Å²) in [6.07, 6.45) is 0.369. The summed E-state index contributed by atoms with van der Waals surface area (Å²) >= 11 is 1.56. The lowest BCUT2D eigenvalue weighted by Gasteiger charge is -2.29. The normalized spacial score (nSPS) is 26.0. The third kappa shape index (κ3) is 2.45. The second-order valence-corrected chi connectivity index (χ2v) is 5.13. The number of thioether (sulfide) groups is 1. The number of hydrogen-bond donors (Lipinski definition) is 1. The van der Waals surface area contributed by atoms with Gasteiger partial charge in [0.1, 0.15) is 6.04 Å². The molecule has 0 saturated carbocycles. The summed E-state index contributed by atoms with van der Waals surface area (Å²) in [6.45, 7) is 5.79. The van der Waals surface area contributed by atoms with E-state index in [1.54, 1.807) is 18.7 Å². The van der Waals surface area contributed by atoms with Gasteiger partial charge in [-0.05, 0) is 5.92 Å². The topological polar surface area (TPSA) is 57.6 Å². The molecule has 0 bridgehead atoms. The third-order valence-corrected chi connectivity index (χ3v) is 4.10. The molecule has 1 saturated heterocycles. The van der Waals surface area contributed by atoms with Gasteiger partial charge in [-0.25, -0.2) is 4.79 Å².